The molecular formula is C17H18F3N3O4. The van der Waals surface area contributed by atoms with Crippen LogP contribution in [0, 0.1) is 0 Å². The SMILES string of the molecule is CCCN(Cc1nc(C(=O)OC)co1)C(=O)Nc1ccccc1C(F)(F)F. The average molecular weight is 385 g/mol. The third-order valence-electron chi connectivity index (χ3n) is 3.53. The number of esters is 1. The van der Waals surface area contributed by atoms with Gasteiger partial charge in [-0.05, 0) is 18.6 Å². The van der Waals surface area contributed by atoms with Gasteiger partial charge in [-0.1, -0.05) is 19.1 Å². The molecule has 1 aromatic carbocycles. The van der Waals surface area contributed by atoms with Crippen LogP contribution in [-0.2, 0) is 17.5 Å². The minimum Gasteiger partial charge on any atom is -0.464 e. The summed E-state index contributed by atoms with van der Waals surface area (Å²) >= 11 is 0. The molecule has 0 atom stereocenters. The second-order valence-corrected chi connectivity index (χ2v) is 5.51. The zero-order valence-electron chi connectivity index (χ0n) is 14.7. The Bertz CT molecular complexity index is 805. The standard InChI is InChI=1S/C17H18F3N3O4/c1-3-8-23(9-14-21-13(10-27-14)15(24)26-2)16(25)22-12-7-5-4-6-11(12)17(18,19)20/h4-7,10H,3,8-9H2,1-2H3,(H,22,25). The Morgan fingerprint density at radius 2 is 2.00 bits per heavy atom. The van der Waals surface area contributed by atoms with Gasteiger partial charge in [-0.2, -0.15) is 13.2 Å². The van der Waals surface area contributed by atoms with Gasteiger partial charge in [0.2, 0.25) is 5.89 Å². The van der Waals surface area contributed by atoms with Crippen LogP contribution >= 0.6 is 0 Å². The Morgan fingerprint density at radius 1 is 1.30 bits per heavy atom. The molecule has 0 aliphatic heterocycles. The monoisotopic (exact) mass is 385 g/mol. The number of amides is 2. The molecule has 146 valence electrons. The first-order valence-corrected chi connectivity index (χ1v) is 8.01. The smallest absolute Gasteiger partial charge is 0.418 e. The summed E-state index contributed by atoms with van der Waals surface area (Å²) in [5.74, 6) is -0.640. The van der Waals surface area contributed by atoms with Gasteiger partial charge < -0.3 is 19.4 Å². The van der Waals surface area contributed by atoms with Crippen LogP contribution in [0.2, 0.25) is 0 Å². The lowest BCUT2D eigenvalue weighted by atomic mass is 10.1. The quantitative estimate of drug-likeness (QED) is 0.762. The highest BCUT2D eigenvalue weighted by molar-refractivity contribution is 5.90. The number of rotatable bonds is 6. The Kier molecular flexibility index (Phi) is 6.43. The van der Waals surface area contributed by atoms with Crippen LogP contribution in [0.1, 0.15) is 35.3 Å². The minimum absolute atomic E-state index is 0.0584. The number of hydrogen-bond acceptors (Lipinski definition) is 5. The van der Waals surface area contributed by atoms with Gasteiger partial charge in [-0.15, -0.1) is 0 Å². The van der Waals surface area contributed by atoms with Crippen LogP contribution in [0.5, 0.6) is 0 Å². The fourth-order valence-electron chi connectivity index (χ4n) is 2.30. The topological polar surface area (TPSA) is 84.7 Å². The normalized spacial score (nSPS) is 11.1. The number of aromatic nitrogens is 1. The van der Waals surface area contributed by atoms with Crippen LogP contribution in [-0.4, -0.2) is 35.5 Å². The van der Waals surface area contributed by atoms with Crippen LogP contribution in [0.4, 0.5) is 23.7 Å². The number of anilines is 1. The van der Waals surface area contributed by atoms with Gasteiger partial charge in [-0.25, -0.2) is 14.6 Å². The molecule has 0 fully saturated rings. The average Bonchev–Trinajstić information content (AvgIpc) is 3.09. The number of halogens is 3. The number of methoxy groups -OCH3 is 1. The summed E-state index contributed by atoms with van der Waals surface area (Å²) in [6.07, 6.45) is -2.96. The summed E-state index contributed by atoms with van der Waals surface area (Å²) in [4.78, 5) is 29.0. The number of oxazole rings is 1. The third kappa shape index (κ3) is 5.22. The Hall–Kier alpha value is -3.04. The molecule has 0 aliphatic rings. The second-order valence-electron chi connectivity index (χ2n) is 5.51. The van der Waals surface area contributed by atoms with E-state index in [0.717, 1.165) is 12.3 Å². The lowest BCUT2D eigenvalue weighted by Crippen LogP contribution is -2.35. The van der Waals surface area contributed by atoms with Gasteiger partial charge in [0.15, 0.2) is 5.69 Å². The lowest BCUT2D eigenvalue weighted by Gasteiger charge is -2.22. The summed E-state index contributed by atoms with van der Waals surface area (Å²) in [5, 5.41) is 2.27. The number of alkyl halides is 3. The number of nitrogens with zero attached hydrogens (tertiary/aromatic N) is 2. The first-order valence-electron chi connectivity index (χ1n) is 8.01. The molecule has 1 aromatic heterocycles. The number of carbonyl (C=O) groups excluding carboxylic acids is 2. The van der Waals surface area contributed by atoms with Crippen LogP contribution in [0.3, 0.4) is 0 Å². The highest BCUT2D eigenvalue weighted by atomic mass is 19.4. The van der Waals surface area contributed by atoms with E-state index < -0.39 is 23.7 Å². The van der Waals surface area contributed by atoms with Gasteiger partial charge in [0, 0.05) is 6.54 Å². The molecule has 1 N–H and O–H groups in total. The van der Waals surface area contributed by atoms with Gasteiger partial charge >= 0.3 is 18.2 Å². The largest absolute Gasteiger partial charge is 0.464 e. The number of ether oxygens (including phenoxy) is 1. The maximum atomic E-state index is 13.1. The zero-order valence-corrected chi connectivity index (χ0v) is 14.7. The number of para-hydroxylation sites is 1. The number of hydrogen-bond donors (Lipinski definition) is 1. The summed E-state index contributed by atoms with van der Waals surface area (Å²) in [5.41, 5.74) is -1.36. The van der Waals surface area contributed by atoms with E-state index in [9.17, 15) is 22.8 Å². The van der Waals surface area contributed by atoms with E-state index >= 15 is 0 Å². The molecule has 27 heavy (non-hydrogen) atoms. The molecule has 0 aliphatic carbocycles. The van der Waals surface area contributed by atoms with Crippen molar-refractivity contribution < 1.29 is 31.9 Å². The summed E-state index contributed by atoms with van der Waals surface area (Å²) in [7, 11) is 1.19. The molecule has 0 saturated heterocycles. The number of nitrogens with one attached hydrogen (secondary N) is 1. The number of urea groups is 1. The van der Waals surface area contributed by atoms with E-state index in [4.69, 9.17) is 4.42 Å². The Morgan fingerprint density at radius 3 is 2.63 bits per heavy atom. The first kappa shape index (κ1) is 20.3. The van der Waals surface area contributed by atoms with Crippen LogP contribution in [0.15, 0.2) is 34.9 Å². The maximum absolute atomic E-state index is 13.1. The first-order chi connectivity index (χ1) is 12.8. The van der Waals surface area contributed by atoms with Crippen molar-refractivity contribution in [2.75, 3.05) is 19.0 Å². The Labute approximate surface area is 153 Å². The van der Waals surface area contributed by atoms with Gasteiger partial charge in [0.05, 0.1) is 24.9 Å². The molecule has 7 nitrogen and oxygen atoms in total. The molecule has 0 bridgehead atoms. The van der Waals surface area contributed by atoms with E-state index in [1.165, 1.54) is 30.2 Å². The van der Waals surface area contributed by atoms with Gasteiger partial charge in [0.25, 0.3) is 0 Å². The maximum Gasteiger partial charge on any atom is 0.418 e. The molecule has 2 amide bonds. The molecular weight excluding hydrogens is 367 g/mol. The van der Waals surface area contributed by atoms with Crippen LogP contribution in [0.25, 0.3) is 0 Å². The van der Waals surface area contributed by atoms with Gasteiger partial charge in [0.1, 0.15) is 6.26 Å². The van der Waals surface area contributed by atoms with Crippen molar-refractivity contribution in [2.24, 2.45) is 0 Å². The zero-order chi connectivity index (χ0) is 20.0. The minimum atomic E-state index is -4.60. The fraction of sp³-hybridized carbons (Fsp3) is 0.353. The molecule has 0 radical (unpaired) electrons. The molecule has 2 aromatic rings. The van der Waals surface area contributed by atoms with Crippen molar-refractivity contribution in [3.8, 4) is 0 Å². The van der Waals surface area contributed by atoms with Gasteiger partial charge in [-0.3, -0.25) is 0 Å². The van der Waals surface area contributed by atoms with E-state index in [1.807, 2.05) is 0 Å². The number of benzene rings is 1. The molecule has 1 heterocycles. The van der Waals surface area contributed by atoms with Crippen LogP contribution < -0.4 is 5.32 Å². The summed E-state index contributed by atoms with van der Waals surface area (Å²) < 4.78 is 48.9. The molecule has 10 heteroatoms. The summed E-state index contributed by atoms with van der Waals surface area (Å²) in [6.45, 7) is 1.93. The van der Waals surface area contributed by atoms with Crippen molar-refractivity contribution in [3.63, 3.8) is 0 Å². The lowest BCUT2D eigenvalue weighted by molar-refractivity contribution is -0.136. The van der Waals surface area contributed by atoms with E-state index in [2.05, 4.69) is 15.0 Å². The predicted octanol–water partition coefficient (Wildman–Crippen LogP) is 3.92. The predicted molar refractivity (Wildman–Crippen MR) is 89.0 cm³/mol. The van der Waals surface area contributed by atoms with Crippen molar-refractivity contribution in [3.05, 3.63) is 47.7 Å². The highest BCUT2D eigenvalue weighted by Gasteiger charge is 2.34. The molecule has 0 unspecified atom stereocenters. The van der Waals surface area contributed by atoms with Crippen molar-refractivity contribution in [1.29, 1.82) is 0 Å². The van der Waals surface area contributed by atoms with E-state index in [1.54, 1.807) is 6.92 Å². The second kappa shape index (κ2) is 8.56. The van der Waals surface area contributed by atoms with Crippen molar-refractivity contribution in [1.82, 2.24) is 9.88 Å². The number of carbonyl (C=O) groups is 2. The Balaban J connectivity index is 2.16. The molecule has 0 spiro atoms. The molecule has 2 rings (SSSR count). The third-order valence-corrected chi connectivity index (χ3v) is 3.53. The van der Waals surface area contributed by atoms with E-state index in [0.29, 0.717) is 6.42 Å². The van der Waals surface area contributed by atoms with E-state index in [-0.39, 0.29) is 30.4 Å². The molecule has 0 saturated carbocycles. The fourth-order valence-corrected chi connectivity index (χ4v) is 2.30. The van der Waals surface area contributed by atoms with Crippen molar-refractivity contribution in [2.45, 2.75) is 26.1 Å². The highest BCUT2D eigenvalue weighted by Crippen LogP contribution is 2.34. The summed E-state index contributed by atoms with van der Waals surface area (Å²) in [6, 6.07) is 3.95. The van der Waals surface area contributed by atoms with Crippen molar-refractivity contribution >= 4 is 17.7 Å².